The molecule has 0 amide bonds. The van der Waals surface area contributed by atoms with E-state index >= 15 is 0 Å². The maximum Gasteiger partial charge on any atom is 0.232 e. The third-order valence-corrected chi connectivity index (χ3v) is 2.99. The van der Waals surface area contributed by atoms with Gasteiger partial charge in [0.1, 0.15) is 6.04 Å². The van der Waals surface area contributed by atoms with Crippen molar-refractivity contribution in [1.82, 2.24) is 25.0 Å². The summed E-state index contributed by atoms with van der Waals surface area (Å²) in [6.45, 7) is 1.54. The Kier molecular flexibility index (Phi) is 2.90. The van der Waals surface area contributed by atoms with Crippen molar-refractivity contribution in [2.24, 2.45) is 0 Å². The SMILES string of the molecule is COc1cc(OC)nc(N2CC(n3nccn3)C2)n1. The first kappa shape index (κ1) is 11.7. The van der Waals surface area contributed by atoms with E-state index in [2.05, 4.69) is 20.2 Å². The van der Waals surface area contributed by atoms with Crippen LogP contribution >= 0.6 is 0 Å². The Morgan fingerprint density at radius 1 is 1.05 bits per heavy atom. The minimum atomic E-state index is 0.260. The summed E-state index contributed by atoms with van der Waals surface area (Å²) in [6.07, 6.45) is 3.35. The zero-order valence-electron chi connectivity index (χ0n) is 10.7. The lowest BCUT2D eigenvalue weighted by Gasteiger charge is -2.38. The molecule has 1 saturated heterocycles. The Labute approximate surface area is 110 Å². The number of methoxy groups -OCH3 is 2. The summed E-state index contributed by atoms with van der Waals surface area (Å²) in [4.78, 5) is 12.3. The number of hydrogen-bond donors (Lipinski definition) is 0. The molecular formula is C11H14N6O2. The third-order valence-electron chi connectivity index (χ3n) is 2.99. The number of aromatic nitrogens is 5. The Balaban J connectivity index is 1.74. The normalized spacial score (nSPS) is 15.2. The van der Waals surface area contributed by atoms with Crippen LogP contribution in [0.15, 0.2) is 18.5 Å². The Hall–Kier alpha value is -2.38. The van der Waals surface area contributed by atoms with E-state index in [0.29, 0.717) is 17.7 Å². The van der Waals surface area contributed by atoms with E-state index in [4.69, 9.17) is 9.47 Å². The molecule has 0 atom stereocenters. The van der Waals surface area contributed by atoms with Crippen LogP contribution in [-0.2, 0) is 0 Å². The van der Waals surface area contributed by atoms with Gasteiger partial charge in [-0.15, -0.1) is 0 Å². The molecule has 2 aromatic rings. The summed E-state index contributed by atoms with van der Waals surface area (Å²) in [7, 11) is 3.14. The molecule has 8 nitrogen and oxygen atoms in total. The molecule has 0 N–H and O–H groups in total. The summed E-state index contributed by atoms with van der Waals surface area (Å²) in [5.41, 5.74) is 0. The minimum absolute atomic E-state index is 0.260. The number of hydrogen-bond acceptors (Lipinski definition) is 7. The van der Waals surface area contributed by atoms with Crippen molar-refractivity contribution in [3.8, 4) is 11.8 Å². The van der Waals surface area contributed by atoms with Gasteiger partial charge in [-0.1, -0.05) is 0 Å². The van der Waals surface area contributed by atoms with E-state index in [0.717, 1.165) is 13.1 Å². The van der Waals surface area contributed by atoms with Crippen molar-refractivity contribution in [1.29, 1.82) is 0 Å². The highest BCUT2D eigenvalue weighted by atomic mass is 16.5. The highest BCUT2D eigenvalue weighted by molar-refractivity contribution is 5.39. The third kappa shape index (κ3) is 2.16. The second-order valence-electron chi connectivity index (χ2n) is 4.16. The van der Waals surface area contributed by atoms with E-state index in [9.17, 15) is 0 Å². The Bertz CT molecular complexity index is 530. The van der Waals surface area contributed by atoms with E-state index in [1.54, 1.807) is 37.5 Å². The molecule has 0 radical (unpaired) electrons. The Morgan fingerprint density at radius 3 is 2.16 bits per heavy atom. The van der Waals surface area contributed by atoms with Gasteiger partial charge >= 0.3 is 0 Å². The monoisotopic (exact) mass is 262 g/mol. The molecule has 1 fully saturated rings. The fourth-order valence-corrected chi connectivity index (χ4v) is 1.92. The molecule has 1 aliphatic heterocycles. The first-order valence-electron chi connectivity index (χ1n) is 5.88. The molecule has 0 aromatic carbocycles. The van der Waals surface area contributed by atoms with E-state index < -0.39 is 0 Å². The van der Waals surface area contributed by atoms with Crippen molar-refractivity contribution in [3.05, 3.63) is 18.5 Å². The molecule has 0 aliphatic carbocycles. The standard InChI is InChI=1S/C11H14N6O2/c1-18-9-5-10(19-2)15-11(14-9)16-6-8(7-16)17-12-3-4-13-17/h3-5,8H,6-7H2,1-2H3. The summed E-state index contributed by atoms with van der Waals surface area (Å²) in [6, 6.07) is 1.91. The smallest absolute Gasteiger partial charge is 0.232 e. The summed E-state index contributed by atoms with van der Waals surface area (Å²) in [5, 5.41) is 8.25. The van der Waals surface area contributed by atoms with Gasteiger partial charge in [-0.3, -0.25) is 0 Å². The number of anilines is 1. The first-order chi connectivity index (χ1) is 9.30. The van der Waals surface area contributed by atoms with Crippen LogP contribution in [0.25, 0.3) is 0 Å². The highest BCUT2D eigenvalue weighted by Crippen LogP contribution is 2.27. The van der Waals surface area contributed by atoms with Crippen LogP contribution in [0.1, 0.15) is 6.04 Å². The molecule has 0 saturated carbocycles. The zero-order valence-corrected chi connectivity index (χ0v) is 10.7. The van der Waals surface area contributed by atoms with Gasteiger partial charge in [-0.05, 0) is 0 Å². The molecule has 3 rings (SSSR count). The fraction of sp³-hybridized carbons (Fsp3) is 0.455. The van der Waals surface area contributed by atoms with Crippen molar-refractivity contribution in [2.45, 2.75) is 6.04 Å². The van der Waals surface area contributed by atoms with Gasteiger partial charge in [-0.25, -0.2) is 0 Å². The lowest BCUT2D eigenvalue weighted by molar-refractivity contribution is 0.323. The maximum absolute atomic E-state index is 5.13. The van der Waals surface area contributed by atoms with Gasteiger partial charge in [0.15, 0.2) is 0 Å². The van der Waals surface area contributed by atoms with Gasteiger partial charge in [-0.2, -0.15) is 25.0 Å². The van der Waals surface area contributed by atoms with Crippen LogP contribution in [-0.4, -0.2) is 52.3 Å². The van der Waals surface area contributed by atoms with Gasteiger partial charge in [0, 0.05) is 13.1 Å². The zero-order chi connectivity index (χ0) is 13.2. The molecule has 1 aliphatic rings. The van der Waals surface area contributed by atoms with Crippen molar-refractivity contribution in [2.75, 3.05) is 32.2 Å². The molecule has 8 heteroatoms. The second-order valence-corrected chi connectivity index (χ2v) is 4.16. The predicted octanol–water partition coefficient (Wildman–Crippen LogP) is 0.147. The molecule has 0 unspecified atom stereocenters. The van der Waals surface area contributed by atoms with E-state index in [1.807, 2.05) is 4.90 Å². The molecule has 19 heavy (non-hydrogen) atoms. The number of nitrogens with zero attached hydrogens (tertiary/aromatic N) is 6. The van der Waals surface area contributed by atoms with Gasteiger partial charge in [0.05, 0.1) is 32.7 Å². The average Bonchev–Trinajstić information content (AvgIpc) is 2.90. The van der Waals surface area contributed by atoms with Gasteiger partial charge < -0.3 is 14.4 Å². The van der Waals surface area contributed by atoms with E-state index in [1.165, 1.54) is 0 Å². The van der Waals surface area contributed by atoms with Crippen LogP contribution in [0, 0.1) is 0 Å². The molecule has 0 spiro atoms. The largest absolute Gasteiger partial charge is 0.481 e. The average molecular weight is 262 g/mol. The lowest BCUT2D eigenvalue weighted by Crippen LogP contribution is -2.49. The molecule has 3 heterocycles. The molecule has 2 aromatic heterocycles. The van der Waals surface area contributed by atoms with Crippen molar-refractivity contribution < 1.29 is 9.47 Å². The quantitative estimate of drug-likeness (QED) is 0.775. The van der Waals surface area contributed by atoms with Crippen molar-refractivity contribution >= 4 is 5.95 Å². The van der Waals surface area contributed by atoms with E-state index in [-0.39, 0.29) is 6.04 Å². The lowest BCUT2D eigenvalue weighted by atomic mass is 10.1. The topological polar surface area (TPSA) is 78.2 Å². The number of ether oxygens (including phenoxy) is 2. The summed E-state index contributed by atoms with van der Waals surface area (Å²) >= 11 is 0. The van der Waals surface area contributed by atoms with Crippen LogP contribution in [0.4, 0.5) is 5.95 Å². The molecule has 0 bridgehead atoms. The Morgan fingerprint density at radius 2 is 1.63 bits per heavy atom. The van der Waals surface area contributed by atoms with Crippen molar-refractivity contribution in [3.63, 3.8) is 0 Å². The predicted molar refractivity (Wildman–Crippen MR) is 66.4 cm³/mol. The fourth-order valence-electron chi connectivity index (χ4n) is 1.92. The maximum atomic E-state index is 5.13. The highest BCUT2D eigenvalue weighted by Gasteiger charge is 2.31. The van der Waals surface area contributed by atoms with Crippen LogP contribution < -0.4 is 14.4 Å². The van der Waals surface area contributed by atoms with Gasteiger partial charge in [0.2, 0.25) is 17.7 Å². The van der Waals surface area contributed by atoms with Crippen LogP contribution in [0.3, 0.4) is 0 Å². The van der Waals surface area contributed by atoms with Crippen LogP contribution in [0.5, 0.6) is 11.8 Å². The molecular weight excluding hydrogens is 248 g/mol. The minimum Gasteiger partial charge on any atom is -0.481 e. The molecule has 100 valence electrons. The summed E-state index contributed by atoms with van der Waals surface area (Å²) in [5.74, 6) is 1.57. The first-order valence-corrected chi connectivity index (χ1v) is 5.88. The van der Waals surface area contributed by atoms with Crippen LogP contribution in [0.2, 0.25) is 0 Å². The second kappa shape index (κ2) is 4.71. The number of rotatable bonds is 4. The summed E-state index contributed by atoms with van der Waals surface area (Å²) < 4.78 is 10.3. The van der Waals surface area contributed by atoms with Gasteiger partial charge in [0.25, 0.3) is 0 Å².